The van der Waals surface area contributed by atoms with Gasteiger partial charge in [-0.2, -0.15) is 11.8 Å². The predicted octanol–water partition coefficient (Wildman–Crippen LogP) is 3.72. The third kappa shape index (κ3) is 6.76. The molecule has 1 N–H and O–H groups in total. The maximum Gasteiger partial charge on any atom is 0.338 e. The Hall–Kier alpha value is -1.31. The molecule has 23 heavy (non-hydrogen) atoms. The van der Waals surface area contributed by atoms with Crippen LogP contribution in [-0.2, 0) is 15.3 Å². The van der Waals surface area contributed by atoms with Crippen molar-refractivity contribution in [1.82, 2.24) is 5.32 Å². The average Bonchev–Trinajstić information content (AvgIpc) is 3.06. The quantitative estimate of drug-likeness (QED) is 0.529. The number of amides is 1. The first-order chi connectivity index (χ1) is 11.1. The molecule has 0 atom stereocenters. The summed E-state index contributed by atoms with van der Waals surface area (Å²) in [6.07, 6.45) is 0. The molecule has 7 heteroatoms. The lowest BCUT2D eigenvalue weighted by atomic mass is 10.2. The van der Waals surface area contributed by atoms with Crippen molar-refractivity contribution in [3.05, 3.63) is 56.7 Å². The summed E-state index contributed by atoms with van der Waals surface area (Å²) in [4.78, 5) is 24.7. The molecular weight excluding hydrogens is 398 g/mol. The van der Waals surface area contributed by atoms with Gasteiger partial charge in [0.15, 0.2) is 6.61 Å². The van der Waals surface area contributed by atoms with Crippen LogP contribution in [0.5, 0.6) is 0 Å². The SMILES string of the molecule is O=C(COC(=O)c1ccc(Br)cc1)NCCSCc1cccs1. The monoisotopic (exact) mass is 413 g/mol. The van der Waals surface area contributed by atoms with Crippen LogP contribution in [-0.4, -0.2) is 30.8 Å². The lowest BCUT2D eigenvalue weighted by molar-refractivity contribution is -0.124. The number of hydrogen-bond donors (Lipinski definition) is 1. The molecule has 1 aromatic heterocycles. The molecule has 0 radical (unpaired) electrons. The Balaban J connectivity index is 1.57. The molecule has 1 heterocycles. The van der Waals surface area contributed by atoms with Gasteiger partial charge in [-0.15, -0.1) is 11.3 Å². The van der Waals surface area contributed by atoms with Crippen molar-refractivity contribution in [2.45, 2.75) is 5.75 Å². The number of ether oxygens (including phenoxy) is 1. The molecule has 0 fully saturated rings. The van der Waals surface area contributed by atoms with Gasteiger partial charge < -0.3 is 10.1 Å². The van der Waals surface area contributed by atoms with Crippen molar-refractivity contribution in [2.75, 3.05) is 18.9 Å². The second-order valence-electron chi connectivity index (χ2n) is 4.56. The molecule has 0 aliphatic carbocycles. The van der Waals surface area contributed by atoms with Gasteiger partial charge in [-0.05, 0) is 35.7 Å². The van der Waals surface area contributed by atoms with Crippen molar-refractivity contribution < 1.29 is 14.3 Å². The largest absolute Gasteiger partial charge is 0.452 e. The van der Waals surface area contributed by atoms with Crippen LogP contribution in [0.25, 0.3) is 0 Å². The molecule has 0 bridgehead atoms. The number of carbonyl (C=O) groups excluding carboxylic acids is 2. The minimum atomic E-state index is -0.500. The zero-order valence-electron chi connectivity index (χ0n) is 12.3. The van der Waals surface area contributed by atoms with Gasteiger partial charge in [-0.3, -0.25) is 4.79 Å². The van der Waals surface area contributed by atoms with Gasteiger partial charge in [-0.1, -0.05) is 22.0 Å². The first-order valence-electron chi connectivity index (χ1n) is 6.94. The van der Waals surface area contributed by atoms with Crippen LogP contribution in [0.1, 0.15) is 15.2 Å². The summed E-state index contributed by atoms with van der Waals surface area (Å²) in [5, 5.41) is 4.79. The lowest BCUT2D eigenvalue weighted by Gasteiger charge is -2.06. The van der Waals surface area contributed by atoms with E-state index in [4.69, 9.17) is 4.74 Å². The number of thioether (sulfide) groups is 1. The molecule has 0 saturated heterocycles. The third-order valence-electron chi connectivity index (χ3n) is 2.81. The molecule has 0 spiro atoms. The number of hydrogen-bond acceptors (Lipinski definition) is 5. The first-order valence-corrected chi connectivity index (χ1v) is 9.77. The normalized spacial score (nSPS) is 10.3. The molecule has 2 rings (SSSR count). The Kier molecular flexibility index (Phi) is 7.64. The Morgan fingerprint density at radius 1 is 1.22 bits per heavy atom. The number of esters is 1. The van der Waals surface area contributed by atoms with Crippen LogP contribution in [0.2, 0.25) is 0 Å². The summed E-state index contributed by atoms with van der Waals surface area (Å²) in [5.74, 6) is 0.989. The van der Waals surface area contributed by atoms with E-state index in [-0.39, 0.29) is 12.5 Å². The molecule has 1 amide bonds. The molecule has 122 valence electrons. The Labute approximate surface area is 151 Å². The molecule has 0 unspecified atom stereocenters. The Morgan fingerprint density at radius 3 is 2.70 bits per heavy atom. The van der Waals surface area contributed by atoms with E-state index < -0.39 is 5.97 Å². The third-order valence-corrected chi connectivity index (χ3v) is 5.40. The maximum absolute atomic E-state index is 11.7. The summed E-state index contributed by atoms with van der Waals surface area (Å²) >= 11 is 6.78. The fourth-order valence-electron chi connectivity index (χ4n) is 1.68. The van der Waals surface area contributed by atoms with Gasteiger partial charge in [0.2, 0.25) is 0 Å². The van der Waals surface area contributed by atoms with E-state index >= 15 is 0 Å². The minimum Gasteiger partial charge on any atom is -0.452 e. The fourth-order valence-corrected chi connectivity index (χ4v) is 3.65. The lowest BCUT2D eigenvalue weighted by Crippen LogP contribution is -2.30. The van der Waals surface area contributed by atoms with E-state index in [9.17, 15) is 9.59 Å². The van der Waals surface area contributed by atoms with Crippen LogP contribution < -0.4 is 5.32 Å². The van der Waals surface area contributed by atoms with Gasteiger partial charge in [0.25, 0.3) is 5.91 Å². The molecule has 0 saturated carbocycles. The number of rotatable bonds is 8. The second kappa shape index (κ2) is 9.75. The Bertz CT molecular complexity index is 629. The summed E-state index contributed by atoms with van der Waals surface area (Å²) in [7, 11) is 0. The maximum atomic E-state index is 11.7. The van der Waals surface area contributed by atoms with Crippen LogP contribution >= 0.6 is 39.0 Å². The smallest absolute Gasteiger partial charge is 0.338 e. The summed E-state index contributed by atoms with van der Waals surface area (Å²) in [5.41, 5.74) is 0.424. The van der Waals surface area contributed by atoms with Gasteiger partial charge >= 0.3 is 5.97 Å². The Morgan fingerprint density at radius 2 is 2.00 bits per heavy atom. The number of thiophene rings is 1. The molecule has 0 aliphatic rings. The first kappa shape index (κ1) is 18.0. The zero-order chi connectivity index (χ0) is 16.5. The second-order valence-corrected chi connectivity index (χ2v) is 7.62. The predicted molar refractivity (Wildman–Crippen MR) is 97.9 cm³/mol. The summed E-state index contributed by atoms with van der Waals surface area (Å²) < 4.78 is 5.86. The molecule has 1 aromatic carbocycles. The van der Waals surface area contributed by atoms with E-state index in [1.165, 1.54) is 4.88 Å². The topological polar surface area (TPSA) is 55.4 Å². The standard InChI is InChI=1S/C16H16BrNO3S2/c17-13-5-3-12(4-6-13)16(20)21-10-15(19)18-7-9-22-11-14-2-1-8-23-14/h1-6,8H,7,9-11H2,(H,18,19). The van der Waals surface area contributed by atoms with Gasteiger partial charge in [0.05, 0.1) is 5.56 Å². The van der Waals surface area contributed by atoms with Gasteiger partial charge in [-0.25, -0.2) is 4.79 Å². The highest BCUT2D eigenvalue weighted by Crippen LogP contribution is 2.16. The number of nitrogens with one attached hydrogen (secondary N) is 1. The van der Waals surface area contributed by atoms with Crippen molar-refractivity contribution in [2.24, 2.45) is 0 Å². The fraction of sp³-hybridized carbons (Fsp3) is 0.250. The van der Waals surface area contributed by atoms with Crippen molar-refractivity contribution in [3.63, 3.8) is 0 Å². The highest BCUT2D eigenvalue weighted by Gasteiger charge is 2.09. The highest BCUT2D eigenvalue weighted by atomic mass is 79.9. The van der Waals surface area contributed by atoms with Crippen molar-refractivity contribution in [3.8, 4) is 0 Å². The van der Waals surface area contributed by atoms with Crippen molar-refractivity contribution >= 4 is 50.9 Å². The van der Waals surface area contributed by atoms with Gasteiger partial charge in [0, 0.05) is 27.4 Å². The summed E-state index contributed by atoms with van der Waals surface area (Å²) in [6, 6.07) is 10.9. The summed E-state index contributed by atoms with van der Waals surface area (Å²) in [6.45, 7) is 0.301. The zero-order valence-corrected chi connectivity index (χ0v) is 15.5. The van der Waals surface area contributed by atoms with E-state index in [0.29, 0.717) is 12.1 Å². The van der Waals surface area contributed by atoms with E-state index in [2.05, 4.69) is 32.7 Å². The van der Waals surface area contributed by atoms with E-state index in [0.717, 1.165) is 16.0 Å². The van der Waals surface area contributed by atoms with Crippen LogP contribution in [0, 0.1) is 0 Å². The molecule has 2 aromatic rings. The average molecular weight is 414 g/mol. The highest BCUT2D eigenvalue weighted by molar-refractivity contribution is 9.10. The van der Waals surface area contributed by atoms with Gasteiger partial charge in [0.1, 0.15) is 0 Å². The number of carbonyl (C=O) groups is 2. The number of halogens is 1. The molecule has 4 nitrogen and oxygen atoms in total. The van der Waals surface area contributed by atoms with Crippen LogP contribution in [0.3, 0.4) is 0 Å². The molecular formula is C16H16BrNO3S2. The van der Waals surface area contributed by atoms with Crippen LogP contribution in [0.4, 0.5) is 0 Å². The van der Waals surface area contributed by atoms with E-state index in [1.807, 2.05) is 6.07 Å². The van der Waals surface area contributed by atoms with Crippen molar-refractivity contribution in [1.29, 1.82) is 0 Å². The number of benzene rings is 1. The van der Waals surface area contributed by atoms with Crippen LogP contribution in [0.15, 0.2) is 46.3 Å². The van der Waals surface area contributed by atoms with E-state index in [1.54, 1.807) is 47.4 Å². The molecule has 0 aliphatic heterocycles. The minimum absolute atomic E-state index is 0.259.